The molecule has 0 aromatic heterocycles. The van der Waals surface area contributed by atoms with E-state index in [1.54, 1.807) is 0 Å². The number of hydrogen-bond donors (Lipinski definition) is 0. The predicted molar refractivity (Wildman–Crippen MR) is 64.0 cm³/mol. The van der Waals surface area contributed by atoms with Crippen LogP contribution in [-0.4, -0.2) is 26.3 Å². The Labute approximate surface area is 120 Å². The van der Waals surface area contributed by atoms with Crippen LogP contribution in [0.2, 0.25) is 0 Å². The maximum atomic E-state index is 12.3. The first kappa shape index (κ1) is 17.3. The monoisotopic (exact) mass is 349 g/mol. The lowest BCUT2D eigenvalue weighted by Crippen LogP contribution is -2.19. The van der Waals surface area contributed by atoms with E-state index in [1.165, 1.54) is 6.92 Å². The van der Waals surface area contributed by atoms with Gasteiger partial charge in [0.1, 0.15) is 0 Å². The van der Waals surface area contributed by atoms with Crippen molar-refractivity contribution in [3.8, 4) is 11.5 Å². The molecule has 12 heteroatoms. The smallest absolute Gasteiger partial charge is 0.490 e. The van der Waals surface area contributed by atoms with Gasteiger partial charge in [-0.15, -0.1) is 13.2 Å². The molecule has 0 aliphatic rings. The van der Waals surface area contributed by atoms with Crippen LogP contribution in [0.1, 0.15) is 6.92 Å². The summed E-state index contributed by atoms with van der Waals surface area (Å²) in [5.41, 5.74) is -1.24. The van der Waals surface area contributed by atoms with Crippen molar-refractivity contribution < 1.29 is 36.0 Å². The van der Waals surface area contributed by atoms with Gasteiger partial charge in [-0.3, -0.25) is 10.1 Å². The number of benzene rings is 1. The minimum absolute atomic E-state index is 0.183. The molecule has 0 fully saturated rings. The Morgan fingerprint density at radius 1 is 1.38 bits per heavy atom. The second kappa shape index (κ2) is 5.93. The minimum Gasteiger partial charge on any atom is -0.490 e. The molecule has 0 amide bonds. The van der Waals surface area contributed by atoms with Crippen LogP contribution < -0.4 is 9.47 Å². The summed E-state index contributed by atoms with van der Waals surface area (Å²) in [6.07, 6.45) is -5.22. The molecule has 1 rings (SSSR count). The predicted octanol–water partition coefficient (Wildman–Crippen LogP) is 2.82. The normalized spacial score (nSPS) is 12.0. The molecule has 0 spiro atoms. The van der Waals surface area contributed by atoms with Gasteiger partial charge in [-0.1, -0.05) is 0 Å². The summed E-state index contributed by atoms with van der Waals surface area (Å²) < 4.78 is 67.6. The maximum absolute atomic E-state index is 12.3. The van der Waals surface area contributed by atoms with Crippen LogP contribution in [0.5, 0.6) is 11.5 Å². The number of halogens is 4. The Morgan fingerprint density at radius 3 is 2.33 bits per heavy atom. The van der Waals surface area contributed by atoms with E-state index >= 15 is 0 Å². The van der Waals surface area contributed by atoms with E-state index in [-0.39, 0.29) is 6.61 Å². The van der Waals surface area contributed by atoms with Gasteiger partial charge in [0.05, 0.1) is 16.4 Å². The number of nitro benzene ring substituents is 1. The van der Waals surface area contributed by atoms with Gasteiger partial charge < -0.3 is 9.47 Å². The van der Waals surface area contributed by atoms with E-state index < -0.39 is 42.4 Å². The van der Waals surface area contributed by atoms with Gasteiger partial charge in [0.15, 0.2) is 5.75 Å². The van der Waals surface area contributed by atoms with Crippen LogP contribution in [0.4, 0.5) is 18.9 Å². The van der Waals surface area contributed by atoms with Crippen LogP contribution in [0, 0.1) is 10.1 Å². The molecule has 0 saturated carbocycles. The second-order valence-electron chi connectivity index (χ2n) is 3.45. The quantitative estimate of drug-likeness (QED) is 0.461. The van der Waals surface area contributed by atoms with E-state index in [4.69, 9.17) is 15.4 Å². The number of nitro groups is 1. The molecule has 0 unspecified atom stereocenters. The van der Waals surface area contributed by atoms with Crippen LogP contribution >= 0.6 is 10.7 Å². The van der Waals surface area contributed by atoms with E-state index in [0.717, 1.165) is 0 Å². The fourth-order valence-electron chi connectivity index (χ4n) is 1.32. The molecular weight excluding hydrogens is 343 g/mol. The first-order chi connectivity index (χ1) is 9.45. The van der Waals surface area contributed by atoms with Crippen molar-refractivity contribution >= 4 is 25.4 Å². The average Bonchev–Trinajstić information content (AvgIpc) is 2.27. The Morgan fingerprint density at radius 2 is 1.95 bits per heavy atom. The maximum Gasteiger partial charge on any atom is 0.573 e. The van der Waals surface area contributed by atoms with Gasteiger partial charge >= 0.3 is 12.0 Å². The van der Waals surface area contributed by atoms with Gasteiger partial charge in [0.2, 0.25) is 5.75 Å². The fourth-order valence-corrected chi connectivity index (χ4v) is 2.09. The van der Waals surface area contributed by atoms with Crippen molar-refractivity contribution in [1.29, 1.82) is 0 Å². The number of nitrogens with zero attached hydrogens (tertiary/aromatic N) is 1. The third-order valence-electron chi connectivity index (χ3n) is 2.00. The summed E-state index contributed by atoms with van der Waals surface area (Å²) >= 11 is 0. The zero-order chi connectivity index (χ0) is 16.4. The molecule has 0 aliphatic carbocycles. The van der Waals surface area contributed by atoms with Crippen molar-refractivity contribution in [3.05, 3.63) is 22.2 Å². The van der Waals surface area contributed by atoms with E-state index in [0.29, 0.717) is 12.1 Å². The highest BCUT2D eigenvalue weighted by Gasteiger charge is 2.37. The summed E-state index contributed by atoms with van der Waals surface area (Å²) in [4.78, 5) is 8.78. The van der Waals surface area contributed by atoms with Gasteiger partial charge in [0.25, 0.3) is 9.05 Å². The van der Waals surface area contributed by atoms with Gasteiger partial charge in [-0.25, -0.2) is 8.42 Å². The first-order valence-corrected chi connectivity index (χ1v) is 7.42. The van der Waals surface area contributed by atoms with Gasteiger partial charge in [-0.2, -0.15) is 0 Å². The molecule has 118 valence electrons. The Bertz CT molecular complexity index is 660. The van der Waals surface area contributed by atoms with Crippen LogP contribution in [0.3, 0.4) is 0 Å². The summed E-state index contributed by atoms with van der Waals surface area (Å²) in [6, 6.07) is 0.964. The SMILES string of the molecule is CCOc1cc(S(=O)(=O)Cl)cc([N+](=O)[O-])c1OC(F)(F)F. The highest BCUT2D eigenvalue weighted by atomic mass is 35.7. The summed E-state index contributed by atoms with van der Waals surface area (Å²) in [7, 11) is 0.615. The number of alkyl halides is 3. The van der Waals surface area contributed by atoms with Crippen molar-refractivity contribution in [1.82, 2.24) is 0 Å². The third kappa shape index (κ3) is 4.63. The molecule has 0 radical (unpaired) electrons. The lowest BCUT2D eigenvalue weighted by molar-refractivity contribution is -0.389. The van der Waals surface area contributed by atoms with E-state index in [9.17, 15) is 31.7 Å². The van der Waals surface area contributed by atoms with Crippen LogP contribution in [0.25, 0.3) is 0 Å². The number of rotatable bonds is 5. The third-order valence-corrected chi connectivity index (χ3v) is 3.34. The molecule has 1 aromatic rings. The van der Waals surface area contributed by atoms with E-state index in [1.807, 2.05) is 0 Å². The average molecular weight is 350 g/mol. The Kier molecular flexibility index (Phi) is 4.89. The van der Waals surface area contributed by atoms with Crippen molar-refractivity contribution in [2.45, 2.75) is 18.2 Å². The standard InChI is InChI=1S/C9H7ClF3NO6S/c1-2-19-7-4-5(21(10,17)18)3-6(14(15)16)8(7)20-9(11,12)13/h3-4H,2H2,1H3. The molecule has 0 atom stereocenters. The Hall–Kier alpha value is -1.75. The highest BCUT2D eigenvalue weighted by Crippen LogP contribution is 2.42. The largest absolute Gasteiger partial charge is 0.573 e. The highest BCUT2D eigenvalue weighted by molar-refractivity contribution is 8.13. The van der Waals surface area contributed by atoms with Crippen molar-refractivity contribution in [2.24, 2.45) is 0 Å². The number of hydrogen-bond acceptors (Lipinski definition) is 6. The van der Waals surface area contributed by atoms with Gasteiger partial charge in [0, 0.05) is 22.8 Å². The summed E-state index contributed by atoms with van der Waals surface area (Å²) in [6.45, 7) is 1.20. The lowest BCUT2D eigenvalue weighted by atomic mass is 10.2. The number of ether oxygens (including phenoxy) is 2. The zero-order valence-electron chi connectivity index (χ0n) is 10.2. The Balaban J connectivity index is 3.62. The molecule has 0 bridgehead atoms. The molecule has 0 aliphatic heterocycles. The van der Waals surface area contributed by atoms with Crippen LogP contribution in [0.15, 0.2) is 17.0 Å². The molecule has 1 aromatic carbocycles. The summed E-state index contributed by atoms with van der Waals surface area (Å²) in [5, 5.41) is 10.8. The first-order valence-electron chi connectivity index (χ1n) is 5.11. The molecular formula is C9H7ClF3NO6S. The van der Waals surface area contributed by atoms with Crippen molar-refractivity contribution in [3.63, 3.8) is 0 Å². The molecule has 21 heavy (non-hydrogen) atoms. The molecule has 0 N–H and O–H groups in total. The van der Waals surface area contributed by atoms with Crippen molar-refractivity contribution in [2.75, 3.05) is 6.61 Å². The minimum atomic E-state index is -5.22. The fraction of sp³-hybridized carbons (Fsp3) is 0.333. The van der Waals surface area contributed by atoms with E-state index in [2.05, 4.69) is 4.74 Å². The molecule has 7 nitrogen and oxygen atoms in total. The van der Waals surface area contributed by atoms with Gasteiger partial charge in [-0.05, 0) is 6.92 Å². The zero-order valence-corrected chi connectivity index (χ0v) is 11.8. The second-order valence-corrected chi connectivity index (χ2v) is 6.01. The topological polar surface area (TPSA) is 95.7 Å². The lowest BCUT2D eigenvalue weighted by Gasteiger charge is -2.14. The van der Waals surface area contributed by atoms with Crippen LogP contribution in [-0.2, 0) is 9.05 Å². The summed E-state index contributed by atoms with van der Waals surface area (Å²) in [5.74, 6) is -2.01. The molecule has 0 saturated heterocycles. The molecule has 0 heterocycles.